The van der Waals surface area contributed by atoms with Crippen LogP contribution < -0.4 is 20.7 Å². The van der Waals surface area contributed by atoms with Gasteiger partial charge >= 0.3 is 12.1 Å². The molecule has 4 aromatic rings. The van der Waals surface area contributed by atoms with Crippen LogP contribution in [-0.4, -0.2) is 63.1 Å². The lowest BCUT2D eigenvalue weighted by molar-refractivity contribution is -0.198. The standard InChI is InChI=1S/C28H28F3N7O3/c29-28(30,31)24(17-3-1-16(2-4-17)18-5-6-19-14-34-37-20(19)11-18)41-23-12-22(35-26(32)36-23)38-9-7-27(8-10-38)13-21(25(39)40)33-15-27/h1-6,11-12,14,21,24,33H,7-10,13,15H2,(H,34,37)(H,39,40)(H2,32,35,36)/t21-,24?/m0/s1. The van der Waals surface area contributed by atoms with E-state index in [4.69, 9.17) is 10.5 Å². The fourth-order valence-corrected chi connectivity index (χ4v) is 5.75. The first-order chi connectivity index (χ1) is 19.6. The zero-order chi connectivity index (χ0) is 28.8. The fraction of sp³-hybridized carbons (Fsp3) is 0.357. The minimum absolute atomic E-state index is 0.0794. The number of fused-ring (bicyclic) bond motifs is 1. The van der Waals surface area contributed by atoms with Gasteiger partial charge in [-0.2, -0.15) is 28.2 Å². The third-order valence-electron chi connectivity index (χ3n) is 8.04. The van der Waals surface area contributed by atoms with Crippen molar-refractivity contribution in [3.8, 4) is 17.0 Å². The average molecular weight is 568 g/mol. The molecule has 0 bridgehead atoms. The van der Waals surface area contributed by atoms with Crippen LogP contribution in [0.3, 0.4) is 0 Å². The molecular formula is C28H28F3N7O3. The number of aromatic amines is 1. The lowest BCUT2D eigenvalue weighted by atomic mass is 9.76. The molecule has 10 nitrogen and oxygen atoms in total. The molecule has 0 amide bonds. The predicted octanol–water partition coefficient (Wildman–Crippen LogP) is 4.32. The molecule has 1 spiro atoms. The zero-order valence-corrected chi connectivity index (χ0v) is 21.9. The monoisotopic (exact) mass is 567 g/mol. The van der Waals surface area contributed by atoms with Crippen LogP contribution in [0, 0.1) is 5.41 Å². The number of ether oxygens (including phenoxy) is 1. The summed E-state index contributed by atoms with van der Waals surface area (Å²) in [6, 6.07) is 12.5. The van der Waals surface area contributed by atoms with E-state index in [1.807, 2.05) is 23.1 Å². The molecule has 0 aliphatic carbocycles. The van der Waals surface area contributed by atoms with E-state index in [9.17, 15) is 23.1 Å². The number of nitrogen functional groups attached to an aromatic ring is 1. The Kier molecular flexibility index (Phi) is 6.68. The summed E-state index contributed by atoms with van der Waals surface area (Å²) in [5, 5.41) is 20.2. The van der Waals surface area contributed by atoms with Crippen molar-refractivity contribution in [3.05, 3.63) is 60.3 Å². The first-order valence-corrected chi connectivity index (χ1v) is 13.2. The normalized spacial score (nSPS) is 19.5. The zero-order valence-electron chi connectivity index (χ0n) is 21.9. The van der Waals surface area contributed by atoms with Gasteiger partial charge in [-0.25, -0.2) is 0 Å². The summed E-state index contributed by atoms with van der Waals surface area (Å²) in [4.78, 5) is 21.4. The van der Waals surface area contributed by atoms with Gasteiger partial charge in [-0.15, -0.1) is 0 Å². The summed E-state index contributed by atoms with van der Waals surface area (Å²) < 4.78 is 48.0. The van der Waals surface area contributed by atoms with E-state index in [1.165, 1.54) is 18.2 Å². The number of carboxylic acids is 1. The topological polar surface area (TPSA) is 142 Å². The van der Waals surface area contributed by atoms with E-state index >= 15 is 0 Å². The van der Waals surface area contributed by atoms with Crippen molar-refractivity contribution < 1.29 is 27.8 Å². The summed E-state index contributed by atoms with van der Waals surface area (Å²) in [5.74, 6) is -0.971. The number of H-pyrrole nitrogens is 1. The number of halogens is 3. The van der Waals surface area contributed by atoms with E-state index in [1.54, 1.807) is 18.3 Å². The highest BCUT2D eigenvalue weighted by molar-refractivity contribution is 5.83. The van der Waals surface area contributed by atoms with Crippen LogP contribution in [-0.2, 0) is 4.79 Å². The van der Waals surface area contributed by atoms with Crippen molar-refractivity contribution in [2.75, 3.05) is 30.3 Å². The van der Waals surface area contributed by atoms with Gasteiger partial charge in [0, 0.05) is 36.7 Å². The number of nitrogens with one attached hydrogen (secondary N) is 2. The maximum absolute atomic E-state index is 14.2. The van der Waals surface area contributed by atoms with Crippen molar-refractivity contribution in [2.45, 2.75) is 37.6 Å². The molecule has 5 N–H and O–H groups in total. The summed E-state index contributed by atoms with van der Waals surface area (Å²) >= 11 is 0. The maximum Gasteiger partial charge on any atom is 0.429 e. The van der Waals surface area contributed by atoms with Crippen LogP contribution >= 0.6 is 0 Å². The number of benzene rings is 2. The van der Waals surface area contributed by atoms with E-state index in [0.717, 1.165) is 22.0 Å². The number of anilines is 2. The molecule has 2 atom stereocenters. The van der Waals surface area contributed by atoms with E-state index in [-0.39, 0.29) is 22.8 Å². The van der Waals surface area contributed by atoms with Gasteiger partial charge in [0.15, 0.2) is 0 Å². The molecule has 214 valence electrons. The van der Waals surface area contributed by atoms with Crippen LogP contribution in [0.4, 0.5) is 24.9 Å². The van der Waals surface area contributed by atoms with Gasteiger partial charge in [0.2, 0.25) is 17.9 Å². The molecule has 2 aromatic heterocycles. The first-order valence-electron chi connectivity index (χ1n) is 13.2. The third-order valence-corrected chi connectivity index (χ3v) is 8.04. The highest BCUT2D eigenvalue weighted by Gasteiger charge is 2.45. The second kappa shape index (κ2) is 10.2. The Labute approximate surface area is 232 Å². The quantitative estimate of drug-likeness (QED) is 0.268. The van der Waals surface area contributed by atoms with Crippen LogP contribution in [0.25, 0.3) is 22.0 Å². The molecule has 2 aliphatic heterocycles. The number of nitrogens with zero attached hydrogens (tertiary/aromatic N) is 4. The Morgan fingerprint density at radius 1 is 1.10 bits per heavy atom. The van der Waals surface area contributed by atoms with Gasteiger partial charge in [0.05, 0.1) is 11.7 Å². The summed E-state index contributed by atoms with van der Waals surface area (Å²) in [6.07, 6.45) is -3.31. The SMILES string of the molecule is Nc1nc(OC(c2ccc(-c3ccc4cn[nH]c4c3)cc2)C(F)(F)F)cc(N2CCC3(CC2)CN[C@H](C(=O)O)C3)n1. The predicted molar refractivity (Wildman–Crippen MR) is 145 cm³/mol. The lowest BCUT2D eigenvalue weighted by Crippen LogP contribution is -2.41. The van der Waals surface area contributed by atoms with Crippen LogP contribution in [0.2, 0.25) is 0 Å². The number of carboxylic acid groups (broad SMARTS) is 1. The number of hydrogen-bond acceptors (Lipinski definition) is 8. The second-order valence-corrected chi connectivity index (χ2v) is 10.7. The molecule has 1 unspecified atom stereocenters. The Morgan fingerprint density at radius 3 is 2.51 bits per heavy atom. The molecule has 13 heteroatoms. The summed E-state index contributed by atoms with van der Waals surface area (Å²) in [6.45, 7) is 1.72. The Hall–Kier alpha value is -4.39. The van der Waals surface area contributed by atoms with Crippen LogP contribution in [0.15, 0.2) is 54.7 Å². The van der Waals surface area contributed by atoms with Gasteiger partial charge in [0.25, 0.3) is 0 Å². The summed E-state index contributed by atoms with van der Waals surface area (Å²) in [5.41, 5.74) is 8.08. The number of alkyl halides is 3. The van der Waals surface area contributed by atoms with E-state index in [0.29, 0.717) is 44.7 Å². The molecule has 41 heavy (non-hydrogen) atoms. The van der Waals surface area contributed by atoms with Crippen molar-refractivity contribution in [1.82, 2.24) is 25.5 Å². The molecule has 2 fully saturated rings. The molecule has 6 rings (SSSR count). The highest BCUT2D eigenvalue weighted by Crippen LogP contribution is 2.41. The van der Waals surface area contributed by atoms with Crippen LogP contribution in [0.1, 0.15) is 30.9 Å². The maximum atomic E-state index is 14.2. The number of piperidine rings is 1. The number of aliphatic carboxylic acids is 1. The van der Waals surface area contributed by atoms with Crippen molar-refractivity contribution >= 4 is 28.6 Å². The lowest BCUT2D eigenvalue weighted by Gasteiger charge is -2.39. The minimum atomic E-state index is -4.72. The second-order valence-electron chi connectivity index (χ2n) is 10.7. The largest absolute Gasteiger partial charge is 0.480 e. The van der Waals surface area contributed by atoms with E-state index < -0.39 is 24.3 Å². The van der Waals surface area contributed by atoms with Gasteiger partial charge in [-0.3, -0.25) is 9.89 Å². The molecule has 0 saturated carbocycles. The number of nitrogens with two attached hydrogens (primary N) is 1. The molecular weight excluding hydrogens is 539 g/mol. The number of carbonyl (C=O) groups is 1. The molecule has 2 aliphatic rings. The Bertz CT molecular complexity index is 1570. The molecule has 2 aromatic carbocycles. The fourth-order valence-electron chi connectivity index (χ4n) is 5.75. The number of aromatic nitrogens is 4. The highest BCUT2D eigenvalue weighted by atomic mass is 19.4. The van der Waals surface area contributed by atoms with Gasteiger partial charge in [-0.05, 0) is 41.9 Å². The minimum Gasteiger partial charge on any atom is -0.480 e. The first kappa shape index (κ1) is 26.8. The molecule has 2 saturated heterocycles. The molecule has 0 radical (unpaired) electrons. The van der Waals surface area contributed by atoms with Crippen molar-refractivity contribution in [1.29, 1.82) is 0 Å². The van der Waals surface area contributed by atoms with Gasteiger partial charge in [-0.1, -0.05) is 36.4 Å². The number of hydrogen-bond donors (Lipinski definition) is 4. The van der Waals surface area contributed by atoms with Crippen molar-refractivity contribution in [3.63, 3.8) is 0 Å². The Balaban J connectivity index is 1.19. The average Bonchev–Trinajstić information content (AvgIpc) is 3.58. The van der Waals surface area contributed by atoms with Crippen molar-refractivity contribution in [2.24, 2.45) is 5.41 Å². The summed E-state index contributed by atoms with van der Waals surface area (Å²) in [7, 11) is 0. The van der Waals surface area contributed by atoms with E-state index in [2.05, 4.69) is 25.5 Å². The van der Waals surface area contributed by atoms with Crippen LogP contribution in [0.5, 0.6) is 5.88 Å². The van der Waals surface area contributed by atoms with Gasteiger partial charge in [0.1, 0.15) is 11.9 Å². The smallest absolute Gasteiger partial charge is 0.429 e. The number of rotatable bonds is 6. The molecule has 4 heterocycles. The van der Waals surface area contributed by atoms with Gasteiger partial charge < -0.3 is 25.8 Å². The third kappa shape index (κ3) is 5.49. The Morgan fingerprint density at radius 2 is 1.83 bits per heavy atom.